The molecule has 0 aliphatic heterocycles. The van der Waals surface area contributed by atoms with E-state index in [0.717, 1.165) is 16.9 Å². The number of nitrogens with zero attached hydrogens (tertiary/aromatic N) is 3. The number of carboxylic acids is 1. The van der Waals surface area contributed by atoms with Gasteiger partial charge in [-0.15, -0.1) is 5.10 Å². The van der Waals surface area contributed by atoms with Gasteiger partial charge in [-0.3, -0.25) is 4.79 Å². The average molecular weight is 289 g/mol. The van der Waals surface area contributed by atoms with Crippen molar-refractivity contribution in [1.82, 2.24) is 15.0 Å². The van der Waals surface area contributed by atoms with Crippen LogP contribution in [-0.2, 0) is 17.4 Å². The van der Waals surface area contributed by atoms with Crippen molar-refractivity contribution in [3.63, 3.8) is 0 Å². The first-order valence-corrected chi connectivity index (χ1v) is 5.27. The molecule has 20 heavy (non-hydrogen) atoms. The molecule has 0 radical (unpaired) electrons. The number of aromatic nitrogens is 3. The molecule has 5 nitrogen and oxygen atoms in total. The Balaban J connectivity index is 2.49. The van der Waals surface area contributed by atoms with Crippen molar-refractivity contribution in [2.24, 2.45) is 0 Å². The van der Waals surface area contributed by atoms with E-state index in [9.17, 15) is 22.4 Å². The lowest BCUT2D eigenvalue weighted by atomic mass is 10.1. The summed E-state index contributed by atoms with van der Waals surface area (Å²) in [4.78, 5) is 10.6. The second kappa shape index (κ2) is 4.91. The molecule has 2 rings (SSSR count). The highest BCUT2D eigenvalue weighted by Gasteiger charge is 2.34. The lowest BCUT2D eigenvalue weighted by Gasteiger charge is -2.11. The van der Waals surface area contributed by atoms with Crippen molar-refractivity contribution in [2.45, 2.75) is 12.6 Å². The summed E-state index contributed by atoms with van der Waals surface area (Å²) in [6.07, 6.45) is -4.20. The summed E-state index contributed by atoms with van der Waals surface area (Å²) in [5.74, 6) is -2.60. The van der Waals surface area contributed by atoms with Crippen LogP contribution in [0, 0.1) is 5.82 Å². The smallest absolute Gasteiger partial charge is 0.419 e. The van der Waals surface area contributed by atoms with Crippen LogP contribution in [0.15, 0.2) is 24.4 Å². The summed E-state index contributed by atoms with van der Waals surface area (Å²) in [6.45, 7) is 0. The number of benzene rings is 1. The van der Waals surface area contributed by atoms with Crippen LogP contribution in [0.5, 0.6) is 0 Å². The van der Waals surface area contributed by atoms with E-state index in [1.807, 2.05) is 0 Å². The normalized spacial score (nSPS) is 11.6. The molecule has 0 atom stereocenters. The van der Waals surface area contributed by atoms with Crippen LogP contribution in [0.3, 0.4) is 0 Å². The summed E-state index contributed by atoms with van der Waals surface area (Å²) in [5, 5.41) is 15.6. The van der Waals surface area contributed by atoms with Gasteiger partial charge in [-0.2, -0.15) is 13.2 Å². The highest BCUT2D eigenvalue weighted by atomic mass is 19.4. The number of rotatable bonds is 3. The summed E-state index contributed by atoms with van der Waals surface area (Å²) < 4.78 is 51.9. The van der Waals surface area contributed by atoms with Gasteiger partial charge in [0.25, 0.3) is 0 Å². The van der Waals surface area contributed by atoms with Crippen molar-refractivity contribution >= 4 is 5.97 Å². The minimum absolute atomic E-state index is 0.0808. The molecule has 106 valence electrons. The third-order valence-corrected chi connectivity index (χ3v) is 2.45. The van der Waals surface area contributed by atoms with Gasteiger partial charge in [0.05, 0.1) is 29.6 Å². The maximum Gasteiger partial charge on any atom is 0.419 e. The molecule has 0 spiro atoms. The van der Waals surface area contributed by atoms with Gasteiger partial charge in [0.1, 0.15) is 5.82 Å². The minimum atomic E-state index is -4.85. The fraction of sp³-hybridized carbons (Fsp3) is 0.182. The fourth-order valence-corrected chi connectivity index (χ4v) is 1.61. The molecule has 0 unspecified atom stereocenters. The molecule has 9 heteroatoms. The molecule has 0 amide bonds. The van der Waals surface area contributed by atoms with Crippen molar-refractivity contribution in [1.29, 1.82) is 0 Å². The van der Waals surface area contributed by atoms with Crippen LogP contribution in [0.25, 0.3) is 5.69 Å². The second-order valence-electron chi connectivity index (χ2n) is 3.87. The van der Waals surface area contributed by atoms with Gasteiger partial charge in [0, 0.05) is 0 Å². The van der Waals surface area contributed by atoms with Crippen molar-refractivity contribution in [2.75, 3.05) is 0 Å². The monoisotopic (exact) mass is 289 g/mol. The number of halogens is 4. The molecule has 1 aromatic heterocycles. The van der Waals surface area contributed by atoms with Crippen molar-refractivity contribution < 1.29 is 27.5 Å². The molecule has 0 bridgehead atoms. The van der Waals surface area contributed by atoms with Gasteiger partial charge in [0.15, 0.2) is 0 Å². The lowest BCUT2D eigenvalue weighted by Crippen LogP contribution is -2.12. The Bertz CT molecular complexity index is 651. The zero-order valence-electron chi connectivity index (χ0n) is 9.73. The van der Waals surface area contributed by atoms with E-state index in [2.05, 4.69) is 10.3 Å². The summed E-state index contributed by atoms with van der Waals surface area (Å²) >= 11 is 0. The maximum atomic E-state index is 13.2. The molecule has 1 N–H and O–H groups in total. The van der Waals surface area contributed by atoms with E-state index in [1.54, 1.807) is 0 Å². The van der Waals surface area contributed by atoms with Crippen molar-refractivity contribution in [3.05, 3.63) is 41.5 Å². The topological polar surface area (TPSA) is 68.0 Å². The SMILES string of the molecule is O=C(O)Cc1cnnn1-c1ccc(F)c(C(F)(F)F)c1. The molecule has 0 saturated carbocycles. The molecule has 0 aliphatic carbocycles. The Morgan fingerprint density at radius 2 is 2.05 bits per heavy atom. The zero-order valence-corrected chi connectivity index (χ0v) is 9.73. The van der Waals surface area contributed by atoms with Gasteiger partial charge in [-0.05, 0) is 18.2 Å². The van der Waals surface area contributed by atoms with E-state index in [4.69, 9.17) is 5.11 Å². The molecule has 0 aliphatic rings. The van der Waals surface area contributed by atoms with E-state index >= 15 is 0 Å². The highest BCUT2D eigenvalue weighted by molar-refractivity contribution is 5.69. The molecular formula is C11H7F4N3O2. The predicted molar refractivity (Wildman–Crippen MR) is 57.7 cm³/mol. The van der Waals surface area contributed by atoms with E-state index in [0.29, 0.717) is 12.1 Å². The Labute approximate surface area is 109 Å². The average Bonchev–Trinajstić information content (AvgIpc) is 2.75. The highest BCUT2D eigenvalue weighted by Crippen LogP contribution is 2.32. The van der Waals surface area contributed by atoms with E-state index in [1.165, 1.54) is 0 Å². The van der Waals surface area contributed by atoms with Gasteiger partial charge in [-0.25, -0.2) is 9.07 Å². The van der Waals surface area contributed by atoms with E-state index < -0.39 is 29.9 Å². The van der Waals surface area contributed by atoms with Crippen LogP contribution in [0.2, 0.25) is 0 Å². The first kappa shape index (κ1) is 14.0. The number of hydrogen-bond donors (Lipinski definition) is 1. The van der Waals surface area contributed by atoms with Crippen LogP contribution >= 0.6 is 0 Å². The summed E-state index contributed by atoms with van der Waals surface area (Å²) in [7, 11) is 0. The maximum absolute atomic E-state index is 13.2. The quantitative estimate of drug-likeness (QED) is 0.878. The molecule has 1 aromatic carbocycles. The second-order valence-corrected chi connectivity index (χ2v) is 3.87. The Morgan fingerprint density at radius 3 is 2.65 bits per heavy atom. The fourth-order valence-electron chi connectivity index (χ4n) is 1.61. The Hall–Kier alpha value is -2.45. The molecule has 0 saturated heterocycles. The van der Waals surface area contributed by atoms with Gasteiger partial charge < -0.3 is 5.11 Å². The van der Waals surface area contributed by atoms with Crippen LogP contribution in [0.1, 0.15) is 11.3 Å². The van der Waals surface area contributed by atoms with Crippen LogP contribution in [-0.4, -0.2) is 26.1 Å². The third kappa shape index (κ3) is 2.76. The number of carboxylic acid groups (broad SMARTS) is 1. The summed E-state index contributed by atoms with van der Waals surface area (Å²) in [6, 6.07) is 2.25. The number of alkyl halides is 3. The van der Waals surface area contributed by atoms with E-state index in [-0.39, 0.29) is 11.4 Å². The third-order valence-electron chi connectivity index (χ3n) is 2.45. The lowest BCUT2D eigenvalue weighted by molar-refractivity contribution is -0.140. The summed E-state index contributed by atoms with van der Waals surface area (Å²) in [5.41, 5.74) is -1.49. The van der Waals surface area contributed by atoms with Crippen LogP contribution < -0.4 is 0 Å². The first-order valence-electron chi connectivity index (χ1n) is 5.27. The van der Waals surface area contributed by atoms with Gasteiger partial charge >= 0.3 is 12.1 Å². The molecule has 1 heterocycles. The Kier molecular flexibility index (Phi) is 3.43. The van der Waals surface area contributed by atoms with Crippen LogP contribution in [0.4, 0.5) is 17.6 Å². The molecule has 0 fully saturated rings. The Morgan fingerprint density at radius 1 is 1.35 bits per heavy atom. The van der Waals surface area contributed by atoms with Gasteiger partial charge in [-0.1, -0.05) is 5.21 Å². The van der Waals surface area contributed by atoms with Crippen molar-refractivity contribution in [3.8, 4) is 5.69 Å². The minimum Gasteiger partial charge on any atom is -0.481 e. The number of aliphatic carboxylic acids is 1. The standard InChI is InChI=1S/C11H7F4N3O2/c12-9-2-1-6(3-8(9)11(13,14)15)18-7(4-10(19)20)5-16-17-18/h1-3,5H,4H2,(H,19,20). The molecule has 2 aromatic rings. The number of hydrogen-bond acceptors (Lipinski definition) is 3. The molecular weight excluding hydrogens is 282 g/mol. The largest absolute Gasteiger partial charge is 0.481 e. The first-order chi connectivity index (χ1) is 9.29. The predicted octanol–water partition coefficient (Wildman–Crippen LogP) is 2.05. The zero-order chi connectivity index (χ0) is 14.9. The number of carbonyl (C=O) groups is 1. The van der Waals surface area contributed by atoms with Gasteiger partial charge in [0.2, 0.25) is 0 Å².